The van der Waals surface area contributed by atoms with Crippen LogP contribution in [0.15, 0.2) is 63.7 Å². The van der Waals surface area contributed by atoms with Crippen LogP contribution in [0.1, 0.15) is 0 Å². The van der Waals surface area contributed by atoms with Crippen LogP contribution >= 0.6 is 34.9 Å². The fourth-order valence-corrected chi connectivity index (χ4v) is 5.91. The van der Waals surface area contributed by atoms with Gasteiger partial charge in [-0.3, -0.25) is 9.62 Å². The van der Waals surface area contributed by atoms with E-state index < -0.39 is 9.84 Å². The van der Waals surface area contributed by atoms with E-state index >= 15 is 0 Å². The third kappa shape index (κ3) is 4.47. The predicted octanol–water partition coefficient (Wildman–Crippen LogP) is 4.77. The van der Waals surface area contributed by atoms with Crippen molar-refractivity contribution >= 4 is 55.9 Å². The van der Waals surface area contributed by atoms with E-state index in [1.54, 1.807) is 40.0 Å². The van der Waals surface area contributed by atoms with Gasteiger partial charge in [0.05, 0.1) is 33.7 Å². The molecule has 0 unspecified atom stereocenters. The summed E-state index contributed by atoms with van der Waals surface area (Å²) in [5, 5.41) is 5.23. The highest BCUT2D eigenvalue weighted by atomic mass is 35.5. The molecule has 11 heteroatoms. The van der Waals surface area contributed by atoms with Gasteiger partial charge in [0.1, 0.15) is 5.94 Å². The van der Waals surface area contributed by atoms with E-state index in [2.05, 4.69) is 10.3 Å². The first kappa shape index (κ1) is 21.1. The molecule has 0 saturated carbocycles. The Bertz CT molecular complexity index is 1160. The van der Waals surface area contributed by atoms with Crippen LogP contribution in [0, 0.1) is 0 Å². The molecule has 2 aromatic carbocycles. The second kappa shape index (κ2) is 8.94. The number of thiazole rings is 1. The van der Waals surface area contributed by atoms with Crippen LogP contribution in [0.3, 0.4) is 0 Å². The van der Waals surface area contributed by atoms with Gasteiger partial charge in [-0.15, -0.1) is 11.3 Å². The topological polar surface area (TPSA) is 88.6 Å². The molecule has 1 fully saturated rings. The number of urea groups is 1. The highest BCUT2D eigenvalue weighted by Crippen LogP contribution is 2.30. The number of sulfone groups is 1. The lowest BCUT2D eigenvalue weighted by molar-refractivity contribution is 0.152. The third-order valence-corrected chi connectivity index (χ3v) is 8.22. The van der Waals surface area contributed by atoms with Crippen LogP contribution in [0.25, 0.3) is 11.3 Å². The number of carbonyl (C=O) groups excluding carboxylic acids is 1. The molecule has 0 aliphatic carbocycles. The monoisotopic (exact) mass is 481 g/mol. The molecule has 1 aliphatic heterocycles. The van der Waals surface area contributed by atoms with Crippen molar-refractivity contribution in [1.29, 1.82) is 0 Å². The van der Waals surface area contributed by atoms with Crippen molar-refractivity contribution < 1.29 is 17.9 Å². The van der Waals surface area contributed by atoms with Crippen LogP contribution in [-0.2, 0) is 14.6 Å². The zero-order valence-electron chi connectivity index (χ0n) is 15.4. The Morgan fingerprint density at radius 1 is 1.17 bits per heavy atom. The summed E-state index contributed by atoms with van der Waals surface area (Å²) in [6.07, 6.45) is 0. The summed E-state index contributed by atoms with van der Waals surface area (Å²) >= 11 is 8.66. The Labute approximate surface area is 187 Å². The van der Waals surface area contributed by atoms with E-state index in [1.807, 2.05) is 0 Å². The molecule has 2 heterocycles. The maximum atomic E-state index is 12.8. The van der Waals surface area contributed by atoms with E-state index in [0.717, 1.165) is 5.56 Å². The van der Waals surface area contributed by atoms with Gasteiger partial charge in [0.15, 0.2) is 5.13 Å². The molecule has 156 valence electrons. The van der Waals surface area contributed by atoms with Gasteiger partial charge in [-0.25, -0.2) is 18.2 Å². The average Bonchev–Trinajstić information content (AvgIpc) is 3.23. The molecule has 0 radical (unpaired) electrons. The lowest BCUT2D eigenvalue weighted by Crippen LogP contribution is -2.35. The fourth-order valence-electron chi connectivity index (χ4n) is 2.74. The Morgan fingerprint density at radius 3 is 2.63 bits per heavy atom. The molecule has 1 N–H and O–H groups in total. The summed E-state index contributed by atoms with van der Waals surface area (Å²) in [5.41, 5.74) is 1.39. The summed E-state index contributed by atoms with van der Waals surface area (Å²) in [4.78, 5) is 16.9. The Balaban J connectivity index is 1.50. The number of nitrogens with one attached hydrogen (secondary N) is 1. The second-order valence-corrected chi connectivity index (χ2v) is 10.3. The van der Waals surface area contributed by atoms with Gasteiger partial charge >= 0.3 is 6.03 Å². The Kier molecular flexibility index (Phi) is 6.30. The number of benzene rings is 2. The van der Waals surface area contributed by atoms with Gasteiger partial charge in [-0.2, -0.15) is 0 Å². The van der Waals surface area contributed by atoms with Gasteiger partial charge in [0.2, 0.25) is 9.84 Å². The minimum absolute atomic E-state index is 0.0686. The van der Waals surface area contributed by atoms with E-state index in [4.69, 9.17) is 16.3 Å². The standard InChI is InChI=1S/C19H16ClN3O4S3/c20-15-3-1-2-4-17(15)30(25,26)14-7-5-13(6-8-14)16-11-28-18(21-16)22-19(24)23-9-10-27-12-29-23/h1-8,11H,9-10,12H2,(H,21,22,24). The van der Waals surface area contributed by atoms with E-state index in [0.29, 0.717) is 29.9 Å². The van der Waals surface area contributed by atoms with E-state index in [9.17, 15) is 13.2 Å². The molecule has 1 aliphatic rings. The summed E-state index contributed by atoms with van der Waals surface area (Å²) in [7, 11) is -3.72. The molecule has 2 amide bonds. The minimum Gasteiger partial charge on any atom is -0.367 e. The number of ether oxygens (including phenoxy) is 1. The van der Waals surface area contributed by atoms with Crippen molar-refractivity contribution in [3.8, 4) is 11.3 Å². The summed E-state index contributed by atoms with van der Waals surface area (Å²) < 4.78 is 32.4. The number of carbonyl (C=O) groups is 1. The Morgan fingerprint density at radius 2 is 1.93 bits per heavy atom. The smallest absolute Gasteiger partial charge is 0.333 e. The molecular weight excluding hydrogens is 466 g/mol. The van der Waals surface area contributed by atoms with E-state index in [1.165, 1.54) is 41.5 Å². The third-order valence-electron chi connectivity index (χ3n) is 4.26. The van der Waals surface area contributed by atoms with Crippen LogP contribution in [0.4, 0.5) is 9.93 Å². The number of anilines is 1. The molecular formula is C19H16ClN3O4S3. The van der Waals surface area contributed by atoms with Crippen molar-refractivity contribution in [2.45, 2.75) is 9.79 Å². The number of nitrogens with zero attached hydrogens (tertiary/aromatic N) is 2. The van der Waals surface area contributed by atoms with Crippen molar-refractivity contribution in [3.05, 3.63) is 58.9 Å². The number of rotatable bonds is 4. The van der Waals surface area contributed by atoms with Gasteiger partial charge in [0.25, 0.3) is 0 Å². The first-order valence-corrected chi connectivity index (χ1v) is 12.5. The van der Waals surface area contributed by atoms with Crippen LogP contribution in [0.2, 0.25) is 5.02 Å². The van der Waals surface area contributed by atoms with Gasteiger partial charge in [0, 0.05) is 10.9 Å². The van der Waals surface area contributed by atoms with E-state index in [-0.39, 0.29) is 20.8 Å². The van der Waals surface area contributed by atoms with Crippen LogP contribution < -0.4 is 5.32 Å². The highest BCUT2D eigenvalue weighted by Gasteiger charge is 2.21. The first-order valence-electron chi connectivity index (χ1n) is 8.80. The first-order chi connectivity index (χ1) is 14.4. The lowest BCUT2D eigenvalue weighted by Gasteiger charge is -2.24. The van der Waals surface area contributed by atoms with Crippen LogP contribution in [0.5, 0.6) is 0 Å². The number of hydrogen-bond acceptors (Lipinski definition) is 7. The maximum Gasteiger partial charge on any atom is 0.333 e. The molecule has 1 saturated heterocycles. The average molecular weight is 482 g/mol. The van der Waals surface area contributed by atoms with Gasteiger partial charge in [-0.05, 0) is 36.2 Å². The quantitative estimate of drug-likeness (QED) is 0.540. The largest absolute Gasteiger partial charge is 0.367 e. The second-order valence-electron chi connectivity index (χ2n) is 6.18. The Hall–Kier alpha value is -2.11. The predicted molar refractivity (Wildman–Crippen MR) is 119 cm³/mol. The lowest BCUT2D eigenvalue weighted by atomic mass is 10.2. The zero-order valence-corrected chi connectivity index (χ0v) is 18.7. The maximum absolute atomic E-state index is 12.8. The molecule has 30 heavy (non-hydrogen) atoms. The highest BCUT2D eigenvalue weighted by molar-refractivity contribution is 7.97. The molecule has 4 rings (SSSR count). The number of halogens is 1. The molecule has 3 aromatic rings. The van der Waals surface area contributed by atoms with Crippen molar-refractivity contribution in [2.75, 3.05) is 24.4 Å². The summed E-state index contributed by atoms with van der Waals surface area (Å²) in [6.45, 7) is 1.02. The van der Waals surface area contributed by atoms with Crippen molar-refractivity contribution in [2.24, 2.45) is 0 Å². The normalized spacial score (nSPS) is 14.5. The summed E-state index contributed by atoms with van der Waals surface area (Å²) in [6, 6.07) is 12.5. The molecule has 1 aromatic heterocycles. The van der Waals surface area contributed by atoms with Crippen molar-refractivity contribution in [3.63, 3.8) is 0 Å². The van der Waals surface area contributed by atoms with Crippen molar-refractivity contribution in [1.82, 2.24) is 9.29 Å². The zero-order chi connectivity index (χ0) is 21.1. The fraction of sp³-hybridized carbons (Fsp3) is 0.158. The number of amides is 2. The number of hydrogen-bond donors (Lipinski definition) is 1. The molecule has 0 atom stereocenters. The SMILES string of the molecule is O=C(Nc1nc(-c2ccc(S(=O)(=O)c3ccccc3Cl)cc2)cs1)N1CCOCS1. The van der Waals surface area contributed by atoms with Gasteiger partial charge in [-0.1, -0.05) is 35.9 Å². The summed E-state index contributed by atoms with van der Waals surface area (Å²) in [5.74, 6) is 0.444. The minimum atomic E-state index is -3.72. The molecule has 7 nitrogen and oxygen atoms in total. The molecule has 0 spiro atoms. The number of aromatic nitrogens is 1. The van der Waals surface area contributed by atoms with Crippen LogP contribution in [-0.4, -0.2) is 42.8 Å². The molecule has 0 bridgehead atoms. The van der Waals surface area contributed by atoms with Gasteiger partial charge < -0.3 is 4.74 Å².